The van der Waals surface area contributed by atoms with Gasteiger partial charge in [-0.1, -0.05) is 12.1 Å². The number of hydrogen-bond donors (Lipinski definition) is 2. The van der Waals surface area contributed by atoms with Gasteiger partial charge < -0.3 is 11.1 Å². The minimum absolute atomic E-state index is 0.241. The second-order valence-corrected chi connectivity index (χ2v) is 2.83. The van der Waals surface area contributed by atoms with Crippen molar-refractivity contribution in [2.24, 2.45) is 5.73 Å². The molecule has 1 atom stereocenters. The molecule has 1 unspecified atom stereocenters. The number of amides is 1. The molecule has 0 bridgehead atoms. The minimum Gasteiger partial charge on any atom is -0.358 e. The first-order chi connectivity index (χ1) is 6.69. The van der Waals surface area contributed by atoms with Gasteiger partial charge in [-0.2, -0.15) is 5.26 Å². The maximum Gasteiger partial charge on any atom is 0.241 e. The molecule has 0 heterocycles. The molecule has 1 aromatic rings. The number of nitrogens with one attached hydrogen (secondary N) is 1. The summed E-state index contributed by atoms with van der Waals surface area (Å²) < 4.78 is 0. The third-order valence-corrected chi connectivity index (χ3v) is 1.93. The van der Waals surface area contributed by atoms with Gasteiger partial charge in [0, 0.05) is 7.05 Å². The second kappa shape index (κ2) is 4.40. The highest BCUT2D eigenvalue weighted by molar-refractivity contribution is 5.82. The van der Waals surface area contributed by atoms with Gasteiger partial charge in [0.2, 0.25) is 5.91 Å². The van der Waals surface area contributed by atoms with Gasteiger partial charge in [-0.3, -0.25) is 4.79 Å². The first-order valence-corrected chi connectivity index (χ1v) is 4.16. The van der Waals surface area contributed by atoms with E-state index < -0.39 is 6.04 Å². The van der Waals surface area contributed by atoms with Crippen LogP contribution in [0.5, 0.6) is 0 Å². The summed E-state index contributed by atoms with van der Waals surface area (Å²) in [5, 5.41) is 11.0. The molecule has 14 heavy (non-hydrogen) atoms. The minimum atomic E-state index is -0.673. The Morgan fingerprint density at radius 2 is 2.07 bits per heavy atom. The van der Waals surface area contributed by atoms with E-state index in [0.29, 0.717) is 11.1 Å². The zero-order valence-electron chi connectivity index (χ0n) is 7.82. The topological polar surface area (TPSA) is 78.9 Å². The number of likely N-dealkylation sites (N-methyl/N-ethyl adjacent to an activating group) is 1. The van der Waals surface area contributed by atoms with Gasteiger partial charge in [0.05, 0.1) is 11.6 Å². The van der Waals surface area contributed by atoms with Gasteiger partial charge >= 0.3 is 0 Å². The molecule has 1 rings (SSSR count). The lowest BCUT2D eigenvalue weighted by atomic mass is 10.1. The molecular weight excluding hydrogens is 178 g/mol. The van der Waals surface area contributed by atoms with E-state index in [1.54, 1.807) is 24.3 Å². The summed E-state index contributed by atoms with van der Waals surface area (Å²) >= 11 is 0. The highest BCUT2D eigenvalue weighted by atomic mass is 16.2. The molecule has 0 fully saturated rings. The Balaban J connectivity index is 2.88. The summed E-state index contributed by atoms with van der Waals surface area (Å²) in [6.45, 7) is 0. The average Bonchev–Trinajstić information content (AvgIpc) is 2.27. The van der Waals surface area contributed by atoms with E-state index in [2.05, 4.69) is 5.32 Å². The number of carbonyl (C=O) groups is 1. The molecule has 0 radical (unpaired) electrons. The van der Waals surface area contributed by atoms with Crippen LogP contribution < -0.4 is 11.1 Å². The number of nitrogens with zero attached hydrogens (tertiary/aromatic N) is 1. The predicted octanol–water partition coefficient (Wildman–Crippen LogP) is 0.304. The van der Waals surface area contributed by atoms with E-state index in [0.717, 1.165) is 0 Å². The molecule has 0 spiro atoms. The molecule has 4 heteroatoms. The first kappa shape index (κ1) is 10.2. The lowest BCUT2D eigenvalue weighted by molar-refractivity contribution is -0.121. The van der Waals surface area contributed by atoms with Crippen molar-refractivity contribution >= 4 is 5.91 Å². The molecule has 0 aliphatic heterocycles. The van der Waals surface area contributed by atoms with Crippen LogP contribution in [0.1, 0.15) is 17.2 Å². The summed E-state index contributed by atoms with van der Waals surface area (Å²) in [4.78, 5) is 11.2. The Morgan fingerprint density at radius 1 is 1.50 bits per heavy atom. The molecule has 0 aliphatic rings. The number of carbonyl (C=O) groups excluding carboxylic acids is 1. The van der Waals surface area contributed by atoms with E-state index in [-0.39, 0.29) is 5.91 Å². The van der Waals surface area contributed by atoms with E-state index >= 15 is 0 Å². The highest BCUT2D eigenvalue weighted by Gasteiger charge is 2.13. The van der Waals surface area contributed by atoms with Crippen molar-refractivity contribution in [1.29, 1.82) is 5.26 Å². The Labute approximate surface area is 82.3 Å². The van der Waals surface area contributed by atoms with Gasteiger partial charge in [0.15, 0.2) is 0 Å². The molecular formula is C10H11N3O. The fourth-order valence-electron chi connectivity index (χ4n) is 1.07. The predicted molar refractivity (Wildman–Crippen MR) is 52.2 cm³/mol. The van der Waals surface area contributed by atoms with Crippen molar-refractivity contribution in [3.05, 3.63) is 35.4 Å². The number of rotatable bonds is 2. The van der Waals surface area contributed by atoms with Crippen LogP contribution in [-0.4, -0.2) is 13.0 Å². The number of nitrogens with two attached hydrogens (primary N) is 1. The molecule has 4 nitrogen and oxygen atoms in total. The van der Waals surface area contributed by atoms with Gasteiger partial charge in [-0.05, 0) is 17.7 Å². The van der Waals surface area contributed by atoms with Gasteiger partial charge in [-0.15, -0.1) is 0 Å². The normalized spacial score (nSPS) is 11.5. The Bertz CT molecular complexity index is 364. The second-order valence-electron chi connectivity index (χ2n) is 2.83. The van der Waals surface area contributed by atoms with E-state index in [1.807, 2.05) is 6.07 Å². The smallest absolute Gasteiger partial charge is 0.241 e. The largest absolute Gasteiger partial charge is 0.358 e. The molecule has 72 valence electrons. The maximum atomic E-state index is 11.2. The summed E-state index contributed by atoms with van der Waals surface area (Å²) in [6, 6.07) is 7.95. The first-order valence-electron chi connectivity index (χ1n) is 4.16. The van der Waals surface area contributed by atoms with Crippen molar-refractivity contribution in [2.75, 3.05) is 7.05 Å². The van der Waals surface area contributed by atoms with E-state index in [1.165, 1.54) is 7.05 Å². The molecule has 0 aliphatic carbocycles. The van der Waals surface area contributed by atoms with Crippen molar-refractivity contribution in [1.82, 2.24) is 5.32 Å². The average molecular weight is 189 g/mol. The zero-order valence-corrected chi connectivity index (χ0v) is 7.82. The maximum absolute atomic E-state index is 11.2. The highest BCUT2D eigenvalue weighted by Crippen LogP contribution is 2.11. The van der Waals surface area contributed by atoms with Crippen LogP contribution in [0.4, 0.5) is 0 Å². The summed E-state index contributed by atoms with van der Waals surface area (Å²) in [5.41, 5.74) is 6.90. The van der Waals surface area contributed by atoms with Crippen LogP contribution in [0.15, 0.2) is 24.3 Å². The SMILES string of the molecule is CNC(=O)C(N)c1ccc(C#N)cc1. The summed E-state index contributed by atoms with van der Waals surface area (Å²) in [7, 11) is 1.53. The Hall–Kier alpha value is -1.86. The fraction of sp³-hybridized carbons (Fsp3) is 0.200. The quantitative estimate of drug-likeness (QED) is 0.702. The van der Waals surface area contributed by atoms with Crippen LogP contribution in [-0.2, 0) is 4.79 Å². The standard InChI is InChI=1S/C10H11N3O/c1-13-10(14)9(12)8-4-2-7(6-11)3-5-8/h2-5,9H,12H2,1H3,(H,13,14). The van der Waals surface area contributed by atoms with Crippen molar-refractivity contribution < 1.29 is 4.79 Å². The third-order valence-electron chi connectivity index (χ3n) is 1.93. The van der Waals surface area contributed by atoms with Crippen LogP contribution in [0.2, 0.25) is 0 Å². The van der Waals surface area contributed by atoms with Crippen LogP contribution >= 0.6 is 0 Å². The number of benzene rings is 1. The summed E-state index contributed by atoms with van der Waals surface area (Å²) in [6.07, 6.45) is 0. The number of nitriles is 1. The molecule has 0 saturated heterocycles. The third kappa shape index (κ3) is 2.09. The lowest BCUT2D eigenvalue weighted by Gasteiger charge is -2.09. The van der Waals surface area contributed by atoms with Gasteiger partial charge in [0.1, 0.15) is 6.04 Å². The van der Waals surface area contributed by atoms with Crippen molar-refractivity contribution in [3.63, 3.8) is 0 Å². The van der Waals surface area contributed by atoms with E-state index in [4.69, 9.17) is 11.0 Å². The molecule has 1 aromatic carbocycles. The molecule has 1 amide bonds. The molecule has 0 aromatic heterocycles. The summed E-state index contributed by atoms with van der Waals surface area (Å²) in [5.74, 6) is -0.241. The zero-order chi connectivity index (χ0) is 10.6. The van der Waals surface area contributed by atoms with Crippen LogP contribution in [0, 0.1) is 11.3 Å². The Morgan fingerprint density at radius 3 is 2.50 bits per heavy atom. The lowest BCUT2D eigenvalue weighted by Crippen LogP contribution is -2.31. The Kier molecular flexibility index (Phi) is 3.21. The molecule has 3 N–H and O–H groups in total. The van der Waals surface area contributed by atoms with Gasteiger partial charge in [0.25, 0.3) is 0 Å². The van der Waals surface area contributed by atoms with Crippen molar-refractivity contribution in [2.45, 2.75) is 6.04 Å². The fourth-order valence-corrected chi connectivity index (χ4v) is 1.07. The number of hydrogen-bond acceptors (Lipinski definition) is 3. The van der Waals surface area contributed by atoms with Crippen molar-refractivity contribution in [3.8, 4) is 6.07 Å². The van der Waals surface area contributed by atoms with Crippen LogP contribution in [0.3, 0.4) is 0 Å². The molecule has 0 saturated carbocycles. The van der Waals surface area contributed by atoms with Gasteiger partial charge in [-0.25, -0.2) is 0 Å². The van der Waals surface area contributed by atoms with Crippen LogP contribution in [0.25, 0.3) is 0 Å². The van der Waals surface area contributed by atoms with E-state index in [9.17, 15) is 4.79 Å². The monoisotopic (exact) mass is 189 g/mol.